The van der Waals surface area contributed by atoms with Gasteiger partial charge < -0.3 is 9.15 Å². The lowest BCUT2D eigenvalue weighted by atomic mass is 10.1. The van der Waals surface area contributed by atoms with E-state index in [9.17, 15) is 9.59 Å². The standard InChI is InChI=1S/C14H9NO4/c1-18-14(17)11-13-9(6-7-15-11)12(16)8-4-2-3-5-10(8)19-13/h2-7H,1H3. The normalized spacial score (nSPS) is 10.8. The van der Waals surface area contributed by atoms with Crippen LogP contribution in [0.25, 0.3) is 21.9 Å². The molecule has 0 aliphatic rings. The molecule has 3 aromatic rings. The Morgan fingerprint density at radius 3 is 2.79 bits per heavy atom. The van der Waals surface area contributed by atoms with Crippen molar-refractivity contribution in [1.82, 2.24) is 4.98 Å². The maximum Gasteiger partial charge on any atom is 0.360 e. The van der Waals surface area contributed by atoms with Crippen LogP contribution in [-0.4, -0.2) is 18.1 Å². The van der Waals surface area contributed by atoms with E-state index in [1.165, 1.54) is 19.4 Å². The molecular formula is C14H9NO4. The summed E-state index contributed by atoms with van der Waals surface area (Å²) >= 11 is 0. The first-order chi connectivity index (χ1) is 9.22. The van der Waals surface area contributed by atoms with Crippen LogP contribution in [0.3, 0.4) is 0 Å². The SMILES string of the molecule is COC(=O)c1nccc2c(=O)c3ccccc3oc12. The summed E-state index contributed by atoms with van der Waals surface area (Å²) in [7, 11) is 1.25. The van der Waals surface area contributed by atoms with Crippen LogP contribution < -0.4 is 5.43 Å². The first-order valence-electron chi connectivity index (χ1n) is 5.61. The monoisotopic (exact) mass is 255 g/mol. The largest absolute Gasteiger partial charge is 0.464 e. The van der Waals surface area contributed by atoms with E-state index in [2.05, 4.69) is 9.72 Å². The summed E-state index contributed by atoms with van der Waals surface area (Å²) in [6.07, 6.45) is 1.39. The number of aromatic nitrogens is 1. The van der Waals surface area contributed by atoms with Crippen LogP contribution in [0.5, 0.6) is 0 Å². The highest BCUT2D eigenvalue weighted by Gasteiger charge is 2.17. The van der Waals surface area contributed by atoms with Crippen molar-refractivity contribution >= 4 is 27.9 Å². The minimum atomic E-state index is -0.635. The summed E-state index contributed by atoms with van der Waals surface area (Å²) in [4.78, 5) is 27.9. The fourth-order valence-corrected chi connectivity index (χ4v) is 1.97. The van der Waals surface area contributed by atoms with E-state index >= 15 is 0 Å². The van der Waals surface area contributed by atoms with Crippen molar-refractivity contribution in [3.63, 3.8) is 0 Å². The van der Waals surface area contributed by atoms with Crippen molar-refractivity contribution in [3.8, 4) is 0 Å². The van der Waals surface area contributed by atoms with Gasteiger partial charge in [0.1, 0.15) is 5.58 Å². The third kappa shape index (κ3) is 1.67. The van der Waals surface area contributed by atoms with Gasteiger partial charge in [0.2, 0.25) is 5.43 Å². The average molecular weight is 255 g/mol. The Morgan fingerprint density at radius 2 is 2.00 bits per heavy atom. The second-order valence-electron chi connectivity index (χ2n) is 3.96. The predicted octanol–water partition coefficient (Wildman–Crippen LogP) is 2.13. The van der Waals surface area contributed by atoms with E-state index in [1.54, 1.807) is 24.3 Å². The molecular weight excluding hydrogens is 246 g/mol. The van der Waals surface area contributed by atoms with E-state index in [1.807, 2.05) is 0 Å². The molecule has 0 unspecified atom stereocenters. The van der Waals surface area contributed by atoms with Crippen LogP contribution in [0.4, 0.5) is 0 Å². The summed E-state index contributed by atoms with van der Waals surface area (Å²) in [6.45, 7) is 0. The number of hydrogen-bond donors (Lipinski definition) is 0. The van der Waals surface area contributed by atoms with Gasteiger partial charge in [0, 0.05) is 6.20 Å². The van der Waals surface area contributed by atoms with Gasteiger partial charge in [-0.15, -0.1) is 0 Å². The van der Waals surface area contributed by atoms with Crippen molar-refractivity contribution in [2.24, 2.45) is 0 Å². The fraction of sp³-hybridized carbons (Fsp3) is 0.0714. The average Bonchev–Trinajstić information content (AvgIpc) is 2.46. The number of carbonyl (C=O) groups is 1. The molecule has 0 bridgehead atoms. The molecule has 0 amide bonds. The molecule has 2 heterocycles. The number of esters is 1. The van der Waals surface area contributed by atoms with Gasteiger partial charge in [0.25, 0.3) is 0 Å². The summed E-state index contributed by atoms with van der Waals surface area (Å²) in [5.74, 6) is -0.635. The van der Waals surface area contributed by atoms with E-state index < -0.39 is 5.97 Å². The van der Waals surface area contributed by atoms with E-state index in [0.29, 0.717) is 16.4 Å². The Hall–Kier alpha value is -2.69. The van der Waals surface area contributed by atoms with Crippen molar-refractivity contribution < 1.29 is 13.9 Å². The Bertz CT molecular complexity index is 851. The number of carbonyl (C=O) groups excluding carboxylic acids is 1. The molecule has 0 fully saturated rings. The lowest BCUT2D eigenvalue weighted by Crippen LogP contribution is -2.09. The van der Waals surface area contributed by atoms with Gasteiger partial charge >= 0.3 is 5.97 Å². The third-order valence-electron chi connectivity index (χ3n) is 2.87. The number of hydrogen-bond acceptors (Lipinski definition) is 5. The number of benzene rings is 1. The van der Waals surface area contributed by atoms with Gasteiger partial charge in [-0.3, -0.25) is 4.79 Å². The summed E-state index contributed by atoms with van der Waals surface area (Å²) < 4.78 is 10.3. The second kappa shape index (κ2) is 4.20. The molecule has 1 aromatic carbocycles. The molecule has 0 radical (unpaired) electrons. The minimum absolute atomic E-state index is 0.00264. The molecule has 3 rings (SSSR count). The number of rotatable bonds is 1. The Balaban J connectivity index is 2.51. The van der Waals surface area contributed by atoms with Gasteiger partial charge in [-0.1, -0.05) is 12.1 Å². The number of fused-ring (bicyclic) bond motifs is 2. The number of ether oxygens (including phenoxy) is 1. The van der Waals surface area contributed by atoms with Crippen LogP contribution in [-0.2, 0) is 4.74 Å². The van der Waals surface area contributed by atoms with Gasteiger partial charge in [0.15, 0.2) is 11.3 Å². The van der Waals surface area contributed by atoms with Crippen molar-refractivity contribution in [3.05, 3.63) is 52.4 Å². The number of nitrogens with zero attached hydrogens (tertiary/aromatic N) is 1. The van der Waals surface area contributed by atoms with E-state index in [4.69, 9.17) is 4.42 Å². The maximum atomic E-state index is 12.3. The highest BCUT2D eigenvalue weighted by atomic mass is 16.5. The molecule has 0 aliphatic heterocycles. The topological polar surface area (TPSA) is 69.4 Å². The predicted molar refractivity (Wildman–Crippen MR) is 69.1 cm³/mol. The molecule has 2 aromatic heterocycles. The number of para-hydroxylation sites is 1. The Kier molecular flexibility index (Phi) is 2.52. The Morgan fingerprint density at radius 1 is 1.21 bits per heavy atom. The maximum absolute atomic E-state index is 12.3. The van der Waals surface area contributed by atoms with Crippen LogP contribution in [0.1, 0.15) is 10.5 Å². The van der Waals surface area contributed by atoms with Gasteiger partial charge in [0.05, 0.1) is 17.9 Å². The summed E-state index contributed by atoms with van der Waals surface area (Å²) in [5.41, 5.74) is 0.378. The Labute approximate surface area is 107 Å². The molecule has 5 heteroatoms. The molecule has 0 saturated carbocycles. The van der Waals surface area contributed by atoms with Crippen molar-refractivity contribution in [2.45, 2.75) is 0 Å². The van der Waals surface area contributed by atoms with Crippen molar-refractivity contribution in [2.75, 3.05) is 7.11 Å². The zero-order chi connectivity index (χ0) is 13.4. The second-order valence-corrected chi connectivity index (χ2v) is 3.96. The zero-order valence-electron chi connectivity index (χ0n) is 10.0. The van der Waals surface area contributed by atoms with E-state index in [-0.39, 0.29) is 16.7 Å². The van der Waals surface area contributed by atoms with Gasteiger partial charge in [-0.05, 0) is 18.2 Å². The molecule has 0 spiro atoms. The molecule has 0 aliphatic carbocycles. The number of methoxy groups -OCH3 is 1. The van der Waals surface area contributed by atoms with Crippen LogP contribution >= 0.6 is 0 Å². The molecule has 5 nitrogen and oxygen atoms in total. The highest BCUT2D eigenvalue weighted by Crippen LogP contribution is 2.20. The lowest BCUT2D eigenvalue weighted by Gasteiger charge is -2.04. The van der Waals surface area contributed by atoms with Crippen molar-refractivity contribution in [1.29, 1.82) is 0 Å². The van der Waals surface area contributed by atoms with E-state index in [0.717, 1.165) is 0 Å². The summed E-state index contributed by atoms with van der Waals surface area (Å²) in [5, 5.41) is 0.783. The zero-order valence-corrected chi connectivity index (χ0v) is 10.0. The minimum Gasteiger partial charge on any atom is -0.464 e. The van der Waals surface area contributed by atoms with Crippen LogP contribution in [0, 0.1) is 0 Å². The first-order valence-corrected chi connectivity index (χ1v) is 5.61. The molecule has 0 N–H and O–H groups in total. The first kappa shape index (κ1) is 11.4. The fourth-order valence-electron chi connectivity index (χ4n) is 1.97. The molecule has 19 heavy (non-hydrogen) atoms. The quantitative estimate of drug-likeness (QED) is 0.492. The highest BCUT2D eigenvalue weighted by molar-refractivity contribution is 6.02. The van der Waals surface area contributed by atoms with Gasteiger partial charge in [-0.2, -0.15) is 0 Å². The smallest absolute Gasteiger partial charge is 0.360 e. The van der Waals surface area contributed by atoms with Crippen LogP contribution in [0.15, 0.2) is 45.7 Å². The number of pyridine rings is 1. The summed E-state index contributed by atoms with van der Waals surface area (Å²) in [6, 6.07) is 8.39. The lowest BCUT2D eigenvalue weighted by molar-refractivity contribution is 0.0595. The van der Waals surface area contributed by atoms with Gasteiger partial charge in [-0.25, -0.2) is 9.78 Å². The molecule has 94 valence electrons. The third-order valence-corrected chi connectivity index (χ3v) is 2.87. The molecule has 0 atom stereocenters. The van der Waals surface area contributed by atoms with Crippen LogP contribution in [0.2, 0.25) is 0 Å². The molecule has 0 saturated heterocycles.